The monoisotopic (exact) mass is 383 g/mol. The van der Waals surface area contributed by atoms with Crippen molar-refractivity contribution in [2.24, 2.45) is 0 Å². The van der Waals surface area contributed by atoms with E-state index in [1.807, 2.05) is 13.8 Å². The smallest absolute Gasteiger partial charge is 0.340 e. The van der Waals surface area contributed by atoms with Crippen LogP contribution in [0.5, 0.6) is 11.5 Å². The van der Waals surface area contributed by atoms with E-state index < -0.39 is 5.97 Å². The van der Waals surface area contributed by atoms with Gasteiger partial charge >= 0.3 is 5.97 Å². The molecule has 146 valence electrons. The first-order valence-corrected chi connectivity index (χ1v) is 9.03. The molecule has 1 aromatic heterocycles. The van der Waals surface area contributed by atoms with E-state index in [4.69, 9.17) is 14.2 Å². The summed E-state index contributed by atoms with van der Waals surface area (Å²) in [5, 5.41) is 8.16. The number of benzene rings is 2. The van der Waals surface area contributed by atoms with Gasteiger partial charge in [0.15, 0.2) is 18.2 Å². The summed E-state index contributed by atoms with van der Waals surface area (Å²) in [6.07, 6.45) is 0.858. The molecule has 0 aliphatic heterocycles. The summed E-state index contributed by atoms with van der Waals surface area (Å²) in [7, 11) is 0. The molecule has 1 heterocycles. The van der Waals surface area contributed by atoms with Gasteiger partial charge in [0.25, 0.3) is 5.56 Å². The number of nitrogens with zero attached hydrogens (tertiary/aromatic N) is 3. The summed E-state index contributed by atoms with van der Waals surface area (Å²) in [6, 6.07) is 11.7. The minimum atomic E-state index is -0.607. The van der Waals surface area contributed by atoms with Crippen molar-refractivity contribution < 1.29 is 19.0 Å². The first-order chi connectivity index (χ1) is 13.6. The van der Waals surface area contributed by atoms with Crippen LogP contribution < -0.4 is 15.0 Å². The van der Waals surface area contributed by atoms with Crippen LogP contribution in [0, 0.1) is 0 Å². The first kappa shape index (κ1) is 19.3. The molecule has 0 aliphatic carbocycles. The van der Waals surface area contributed by atoms with Crippen LogP contribution in [0.2, 0.25) is 0 Å². The van der Waals surface area contributed by atoms with Crippen LogP contribution in [0.3, 0.4) is 0 Å². The van der Waals surface area contributed by atoms with Crippen molar-refractivity contribution >= 4 is 16.9 Å². The largest absolute Gasteiger partial charge is 0.490 e. The van der Waals surface area contributed by atoms with Crippen LogP contribution in [-0.2, 0) is 11.5 Å². The topological polar surface area (TPSA) is 92.5 Å². The second-order valence-electron chi connectivity index (χ2n) is 5.92. The molecular formula is C20H21N3O5. The molecule has 0 N–H and O–H groups in total. The molecular weight excluding hydrogens is 362 g/mol. The number of hydrogen-bond donors (Lipinski definition) is 0. The van der Waals surface area contributed by atoms with Gasteiger partial charge in [0, 0.05) is 0 Å². The molecule has 0 atom stereocenters. The number of aromatic nitrogens is 3. The van der Waals surface area contributed by atoms with Gasteiger partial charge in [-0.3, -0.25) is 4.79 Å². The van der Waals surface area contributed by atoms with Crippen LogP contribution in [0.4, 0.5) is 0 Å². The Kier molecular flexibility index (Phi) is 6.21. The molecule has 3 aromatic rings. The van der Waals surface area contributed by atoms with E-state index in [-0.39, 0.29) is 17.9 Å². The quantitative estimate of drug-likeness (QED) is 0.552. The normalized spacial score (nSPS) is 10.6. The number of carbonyl (C=O) groups excluding carboxylic acids is 1. The van der Waals surface area contributed by atoms with Crippen molar-refractivity contribution in [3.05, 3.63) is 58.4 Å². The Balaban J connectivity index is 1.75. The highest BCUT2D eigenvalue weighted by atomic mass is 16.5. The fourth-order valence-corrected chi connectivity index (χ4v) is 2.55. The van der Waals surface area contributed by atoms with Gasteiger partial charge in [0.05, 0.1) is 24.2 Å². The van der Waals surface area contributed by atoms with Crippen molar-refractivity contribution in [3.63, 3.8) is 0 Å². The maximum Gasteiger partial charge on any atom is 0.340 e. The highest BCUT2D eigenvalue weighted by Gasteiger charge is 2.14. The summed E-state index contributed by atoms with van der Waals surface area (Å²) < 4.78 is 17.4. The van der Waals surface area contributed by atoms with Crippen LogP contribution in [0.25, 0.3) is 10.9 Å². The van der Waals surface area contributed by atoms with Crippen molar-refractivity contribution in [2.45, 2.75) is 27.0 Å². The molecule has 0 unspecified atom stereocenters. The number of rotatable bonds is 8. The predicted octanol–water partition coefficient (Wildman–Crippen LogP) is 2.79. The summed E-state index contributed by atoms with van der Waals surface area (Å²) >= 11 is 0. The minimum absolute atomic E-state index is 0.286. The van der Waals surface area contributed by atoms with E-state index in [2.05, 4.69) is 10.3 Å². The van der Waals surface area contributed by atoms with Gasteiger partial charge < -0.3 is 14.2 Å². The van der Waals surface area contributed by atoms with Gasteiger partial charge in [-0.15, -0.1) is 5.10 Å². The summed E-state index contributed by atoms with van der Waals surface area (Å²) in [5.74, 6) is 0.426. The summed E-state index contributed by atoms with van der Waals surface area (Å²) in [5.41, 5.74) is 0.393. The molecule has 0 radical (unpaired) electrons. The number of fused-ring (bicyclic) bond motifs is 1. The van der Waals surface area contributed by atoms with Crippen molar-refractivity contribution in [3.8, 4) is 11.5 Å². The SMILES string of the molecule is CCCOc1ccc(C(=O)OCn2nnc3ccccc3c2=O)cc1OCC. The van der Waals surface area contributed by atoms with Crippen molar-refractivity contribution in [2.75, 3.05) is 13.2 Å². The zero-order valence-corrected chi connectivity index (χ0v) is 15.8. The third-order valence-electron chi connectivity index (χ3n) is 3.89. The van der Waals surface area contributed by atoms with E-state index in [0.717, 1.165) is 11.1 Å². The van der Waals surface area contributed by atoms with Crippen LogP contribution >= 0.6 is 0 Å². The lowest BCUT2D eigenvalue weighted by Gasteiger charge is -2.13. The highest BCUT2D eigenvalue weighted by molar-refractivity contribution is 5.90. The van der Waals surface area contributed by atoms with Gasteiger partial charge in [-0.25, -0.2) is 4.79 Å². The molecule has 0 aliphatic rings. The zero-order valence-electron chi connectivity index (χ0n) is 15.8. The number of carbonyl (C=O) groups is 1. The second-order valence-corrected chi connectivity index (χ2v) is 5.92. The van der Waals surface area contributed by atoms with Gasteiger partial charge in [-0.2, -0.15) is 4.68 Å². The molecule has 28 heavy (non-hydrogen) atoms. The molecule has 0 saturated heterocycles. The van der Waals surface area contributed by atoms with Gasteiger partial charge in [0.1, 0.15) is 5.52 Å². The number of esters is 1. The average molecular weight is 383 g/mol. The highest BCUT2D eigenvalue weighted by Crippen LogP contribution is 2.29. The molecule has 0 spiro atoms. The Hall–Kier alpha value is -3.42. The van der Waals surface area contributed by atoms with E-state index >= 15 is 0 Å². The molecule has 2 aromatic carbocycles. The Morgan fingerprint density at radius 1 is 1.07 bits per heavy atom. The molecule has 3 rings (SSSR count). The van der Waals surface area contributed by atoms with E-state index in [1.165, 1.54) is 0 Å². The lowest BCUT2D eigenvalue weighted by molar-refractivity contribution is 0.0335. The molecule has 8 nitrogen and oxygen atoms in total. The number of hydrogen-bond acceptors (Lipinski definition) is 7. The Labute approximate surface area is 161 Å². The Bertz CT molecular complexity index is 1030. The fraction of sp³-hybridized carbons (Fsp3) is 0.300. The van der Waals surface area contributed by atoms with Crippen LogP contribution in [-0.4, -0.2) is 34.2 Å². The zero-order chi connectivity index (χ0) is 19.9. The second kappa shape index (κ2) is 8.98. The Morgan fingerprint density at radius 2 is 1.89 bits per heavy atom. The molecule has 0 bridgehead atoms. The third-order valence-corrected chi connectivity index (χ3v) is 3.89. The van der Waals surface area contributed by atoms with Gasteiger partial charge in [-0.05, 0) is 43.7 Å². The third kappa shape index (κ3) is 4.28. The van der Waals surface area contributed by atoms with Crippen LogP contribution in [0.15, 0.2) is 47.3 Å². The standard InChI is InChI=1S/C20H21N3O5/c1-3-11-27-17-10-9-14(12-18(17)26-4-2)20(25)28-13-23-19(24)15-7-5-6-8-16(15)21-22-23/h5-10,12H,3-4,11,13H2,1-2H3. The van der Waals surface area contributed by atoms with Crippen LogP contribution in [0.1, 0.15) is 30.6 Å². The minimum Gasteiger partial charge on any atom is -0.490 e. The molecule has 0 saturated carbocycles. The van der Waals surface area contributed by atoms with Gasteiger partial charge in [0.2, 0.25) is 0 Å². The first-order valence-electron chi connectivity index (χ1n) is 9.03. The fourth-order valence-electron chi connectivity index (χ4n) is 2.55. The maximum absolute atomic E-state index is 12.4. The van der Waals surface area contributed by atoms with E-state index in [0.29, 0.717) is 35.6 Å². The maximum atomic E-state index is 12.4. The van der Waals surface area contributed by atoms with E-state index in [9.17, 15) is 9.59 Å². The summed E-state index contributed by atoms with van der Waals surface area (Å²) in [4.78, 5) is 24.8. The lowest BCUT2D eigenvalue weighted by Crippen LogP contribution is -2.26. The number of ether oxygens (including phenoxy) is 3. The molecule has 0 amide bonds. The van der Waals surface area contributed by atoms with Crippen molar-refractivity contribution in [1.82, 2.24) is 15.0 Å². The predicted molar refractivity (Wildman–Crippen MR) is 103 cm³/mol. The van der Waals surface area contributed by atoms with Crippen molar-refractivity contribution in [1.29, 1.82) is 0 Å². The Morgan fingerprint density at radius 3 is 2.68 bits per heavy atom. The van der Waals surface area contributed by atoms with Gasteiger partial charge in [-0.1, -0.05) is 24.3 Å². The lowest BCUT2D eigenvalue weighted by atomic mass is 10.2. The average Bonchev–Trinajstić information content (AvgIpc) is 2.72. The molecule has 8 heteroatoms. The summed E-state index contributed by atoms with van der Waals surface area (Å²) in [6.45, 7) is 4.49. The van der Waals surface area contributed by atoms with E-state index in [1.54, 1.807) is 42.5 Å². The molecule has 0 fully saturated rings.